The number of hydrogen-bond acceptors (Lipinski definition) is 6. The van der Waals surface area contributed by atoms with Gasteiger partial charge in [0.25, 0.3) is 0 Å². The van der Waals surface area contributed by atoms with Crippen molar-refractivity contribution in [1.82, 2.24) is 10.2 Å². The Morgan fingerprint density at radius 3 is 2.49 bits per heavy atom. The molecule has 1 atom stereocenters. The molecule has 5 rings (SSSR count). The highest BCUT2D eigenvalue weighted by molar-refractivity contribution is 7.18. The fourth-order valence-corrected chi connectivity index (χ4v) is 6.47. The number of rotatable bonds is 9. The molecule has 0 spiro atoms. The van der Waals surface area contributed by atoms with Crippen LogP contribution in [0.2, 0.25) is 10.0 Å². The Kier molecular flexibility index (Phi) is 10.0. The van der Waals surface area contributed by atoms with Gasteiger partial charge >= 0.3 is 5.97 Å². The first-order chi connectivity index (χ1) is 20.8. The number of piperidine rings is 1. The maximum Gasteiger partial charge on any atom is 0.307 e. The van der Waals surface area contributed by atoms with E-state index in [-0.39, 0.29) is 24.2 Å². The number of ether oxygens (including phenoxy) is 2. The molecule has 3 aromatic carbocycles. The lowest BCUT2D eigenvalue weighted by molar-refractivity contribution is -0.141. The molecular weight excluding hydrogens is 607 g/mol. The molecule has 43 heavy (non-hydrogen) atoms. The zero-order valence-corrected chi connectivity index (χ0v) is 25.8. The van der Waals surface area contributed by atoms with Gasteiger partial charge in [0.05, 0.1) is 34.3 Å². The number of likely N-dealkylation sites (tertiary alicyclic amines) is 1. The van der Waals surface area contributed by atoms with E-state index in [2.05, 4.69) is 5.32 Å². The van der Waals surface area contributed by atoms with Gasteiger partial charge in [0, 0.05) is 25.1 Å². The molecule has 0 bridgehead atoms. The van der Waals surface area contributed by atoms with Gasteiger partial charge in [-0.2, -0.15) is 0 Å². The third-order valence-electron chi connectivity index (χ3n) is 7.39. The summed E-state index contributed by atoms with van der Waals surface area (Å²) in [6.07, 6.45) is 4.15. The number of nitrogens with zero attached hydrogens (tertiary/aromatic N) is 1. The third kappa shape index (κ3) is 7.57. The molecule has 1 aliphatic rings. The fourth-order valence-electron chi connectivity index (χ4n) is 5.03. The molecule has 4 aromatic rings. The van der Waals surface area contributed by atoms with E-state index >= 15 is 0 Å². The molecule has 1 unspecified atom stereocenters. The summed E-state index contributed by atoms with van der Waals surface area (Å²) in [6.45, 7) is 0.864. The van der Waals surface area contributed by atoms with Crippen LogP contribution in [-0.2, 0) is 19.1 Å². The predicted molar refractivity (Wildman–Crippen MR) is 171 cm³/mol. The summed E-state index contributed by atoms with van der Waals surface area (Å²) in [5.41, 5.74) is 1.40. The van der Waals surface area contributed by atoms with Crippen molar-refractivity contribution in [2.24, 2.45) is 5.92 Å². The van der Waals surface area contributed by atoms with Crippen molar-refractivity contribution >= 4 is 68.5 Å². The topological polar surface area (TPSA) is 84.9 Å². The van der Waals surface area contributed by atoms with Crippen molar-refractivity contribution in [2.75, 3.05) is 20.2 Å². The molecular formula is C33H30Cl2N2O5S. The minimum absolute atomic E-state index is 0.0249. The molecule has 7 nitrogen and oxygen atoms in total. The van der Waals surface area contributed by atoms with Crippen molar-refractivity contribution in [1.29, 1.82) is 0 Å². The van der Waals surface area contributed by atoms with Crippen LogP contribution in [0, 0.1) is 5.92 Å². The number of fused-ring (bicyclic) bond motifs is 1. The Morgan fingerprint density at radius 1 is 1.00 bits per heavy atom. The van der Waals surface area contributed by atoms with Gasteiger partial charge in [-0.05, 0) is 77.2 Å². The number of amides is 2. The monoisotopic (exact) mass is 636 g/mol. The zero-order chi connectivity index (χ0) is 30.3. The first-order valence-corrected chi connectivity index (χ1v) is 15.5. The Bertz CT molecular complexity index is 1650. The van der Waals surface area contributed by atoms with Crippen molar-refractivity contribution < 1.29 is 23.9 Å². The van der Waals surface area contributed by atoms with Crippen LogP contribution in [0.3, 0.4) is 0 Å². The van der Waals surface area contributed by atoms with E-state index in [0.29, 0.717) is 53.0 Å². The van der Waals surface area contributed by atoms with Crippen LogP contribution in [0.1, 0.15) is 36.4 Å². The lowest BCUT2D eigenvalue weighted by Crippen LogP contribution is -2.43. The highest BCUT2D eigenvalue weighted by Gasteiger charge is 2.29. The Balaban J connectivity index is 1.20. The third-order valence-corrected chi connectivity index (χ3v) is 9.33. The second kappa shape index (κ2) is 14.1. The zero-order valence-electron chi connectivity index (χ0n) is 23.4. The summed E-state index contributed by atoms with van der Waals surface area (Å²) in [7, 11) is 1.32. The highest BCUT2D eigenvalue weighted by atomic mass is 35.5. The van der Waals surface area contributed by atoms with Gasteiger partial charge in [-0.1, -0.05) is 53.5 Å². The number of carbonyl (C=O) groups excluding carboxylic acids is 3. The van der Waals surface area contributed by atoms with Crippen LogP contribution >= 0.6 is 34.5 Å². The molecule has 1 N–H and O–H groups in total. The van der Waals surface area contributed by atoms with E-state index in [4.69, 9.17) is 32.7 Å². The van der Waals surface area contributed by atoms with Gasteiger partial charge in [0.1, 0.15) is 11.5 Å². The van der Waals surface area contributed by atoms with Gasteiger partial charge in [-0.25, -0.2) is 0 Å². The minimum atomic E-state index is -0.598. The first kappa shape index (κ1) is 30.6. The summed E-state index contributed by atoms with van der Waals surface area (Å²) in [5, 5.41) is 6.84. The van der Waals surface area contributed by atoms with Crippen LogP contribution in [0.25, 0.3) is 16.2 Å². The number of carbonyl (C=O) groups is 3. The van der Waals surface area contributed by atoms with Crippen molar-refractivity contribution in [3.8, 4) is 11.5 Å². The van der Waals surface area contributed by atoms with Crippen LogP contribution < -0.4 is 10.1 Å². The number of para-hydroxylation sites is 1. The fraction of sp³-hybridized carbons (Fsp3) is 0.242. The minimum Gasteiger partial charge on any atom is -0.469 e. The van der Waals surface area contributed by atoms with Gasteiger partial charge in [-0.15, -0.1) is 11.3 Å². The van der Waals surface area contributed by atoms with Gasteiger partial charge < -0.3 is 19.7 Å². The summed E-state index contributed by atoms with van der Waals surface area (Å²) >= 11 is 14.4. The van der Waals surface area contributed by atoms with Crippen LogP contribution in [0.4, 0.5) is 0 Å². The Hall–Kier alpha value is -3.85. The van der Waals surface area contributed by atoms with Crippen LogP contribution in [0.15, 0.2) is 78.2 Å². The second-order valence-corrected chi connectivity index (χ2v) is 11.9. The molecule has 0 aliphatic carbocycles. The van der Waals surface area contributed by atoms with E-state index in [1.165, 1.54) is 24.5 Å². The number of halogens is 2. The maximum absolute atomic E-state index is 13.3. The van der Waals surface area contributed by atoms with Crippen molar-refractivity contribution in [3.63, 3.8) is 0 Å². The molecule has 1 fully saturated rings. The SMILES string of the molecule is COC(=O)CC(NC(=O)C1CCN(C(=O)C=Cc2cc3ccsc3c(Cl)c2Cl)CC1)c1cccc(Oc2ccccc2)c1. The lowest BCUT2D eigenvalue weighted by Gasteiger charge is -2.31. The Morgan fingerprint density at radius 2 is 1.74 bits per heavy atom. The molecule has 10 heteroatoms. The second-order valence-electron chi connectivity index (χ2n) is 10.2. The molecule has 1 aliphatic heterocycles. The molecule has 222 valence electrons. The normalized spacial score (nSPS) is 14.5. The van der Waals surface area contributed by atoms with E-state index in [1.807, 2.05) is 72.1 Å². The number of methoxy groups -OCH3 is 1. The molecule has 2 heterocycles. The molecule has 0 radical (unpaired) electrons. The van der Waals surface area contributed by atoms with E-state index in [0.717, 1.165) is 15.6 Å². The molecule has 0 saturated carbocycles. The highest BCUT2D eigenvalue weighted by Crippen LogP contribution is 2.37. The summed E-state index contributed by atoms with van der Waals surface area (Å²) in [4.78, 5) is 40.2. The number of nitrogens with one attached hydrogen (secondary N) is 1. The van der Waals surface area contributed by atoms with Crippen LogP contribution in [0.5, 0.6) is 11.5 Å². The van der Waals surface area contributed by atoms with Crippen molar-refractivity contribution in [3.05, 3.63) is 99.4 Å². The number of benzene rings is 3. The van der Waals surface area contributed by atoms with Crippen molar-refractivity contribution in [2.45, 2.75) is 25.3 Å². The average molecular weight is 638 g/mol. The quantitative estimate of drug-likeness (QED) is 0.150. The smallest absolute Gasteiger partial charge is 0.307 e. The summed E-state index contributed by atoms with van der Waals surface area (Å²) < 4.78 is 11.8. The van der Waals surface area contributed by atoms with Crippen LogP contribution in [-0.4, -0.2) is 42.9 Å². The molecule has 2 amide bonds. The standard InChI is InChI=1S/C33H30Cl2N2O5S/c1-41-29(39)20-27(22-6-5-9-26(19-22)42-25-7-3-2-4-8-25)36-33(40)21-12-15-37(16-13-21)28(38)11-10-23-18-24-14-17-43-32(24)31(35)30(23)34/h2-11,14,17-19,21,27H,12-13,15-16,20H2,1H3,(H,36,40). The predicted octanol–water partition coefficient (Wildman–Crippen LogP) is 7.67. The molecule has 1 aromatic heterocycles. The maximum atomic E-state index is 13.3. The summed E-state index contributed by atoms with van der Waals surface area (Å²) in [5.74, 6) is 0.204. The van der Waals surface area contributed by atoms with E-state index in [1.54, 1.807) is 11.0 Å². The first-order valence-electron chi connectivity index (χ1n) is 13.8. The van der Waals surface area contributed by atoms with E-state index < -0.39 is 12.0 Å². The lowest BCUT2D eigenvalue weighted by atomic mass is 9.94. The number of thiophene rings is 1. The largest absolute Gasteiger partial charge is 0.469 e. The van der Waals surface area contributed by atoms with E-state index in [9.17, 15) is 14.4 Å². The average Bonchev–Trinajstić information content (AvgIpc) is 3.51. The molecule has 1 saturated heterocycles. The number of hydrogen-bond donors (Lipinski definition) is 1. The van der Waals surface area contributed by atoms with Gasteiger partial charge in [-0.3, -0.25) is 14.4 Å². The number of esters is 1. The Labute approximate surface area is 264 Å². The van der Waals surface area contributed by atoms with Gasteiger partial charge in [0.2, 0.25) is 11.8 Å². The van der Waals surface area contributed by atoms with Gasteiger partial charge in [0.15, 0.2) is 0 Å². The summed E-state index contributed by atoms with van der Waals surface area (Å²) in [6, 6.07) is 19.9.